The number of ether oxygens (including phenoxy) is 1. The maximum Gasteiger partial charge on any atom is 0.244 e. The summed E-state index contributed by atoms with van der Waals surface area (Å²) in [7, 11) is 0. The van der Waals surface area contributed by atoms with Gasteiger partial charge in [0.2, 0.25) is 5.91 Å². The molecule has 1 aliphatic rings. The third-order valence-corrected chi connectivity index (χ3v) is 6.02. The maximum atomic E-state index is 12.0. The molecule has 0 aromatic carbocycles. The van der Waals surface area contributed by atoms with Crippen molar-refractivity contribution in [1.82, 2.24) is 5.32 Å². The van der Waals surface area contributed by atoms with E-state index in [9.17, 15) is 20.1 Å². The van der Waals surface area contributed by atoms with Gasteiger partial charge in [-0.2, -0.15) is 0 Å². The molecule has 1 rings (SSSR count). The molecular weight excluding hydrogens is 446 g/mol. The van der Waals surface area contributed by atoms with Crippen LogP contribution in [0.5, 0.6) is 0 Å². The fourth-order valence-electron chi connectivity index (χ4n) is 3.89. The number of aliphatic hydroxyl groups is 4. The lowest BCUT2D eigenvalue weighted by Crippen LogP contribution is -2.64. The number of amides is 1. The zero-order valence-electron chi connectivity index (χ0n) is 22.0. The first-order chi connectivity index (χ1) is 17.5. The second-order valence-corrected chi connectivity index (χ2v) is 9.00. The van der Waals surface area contributed by atoms with E-state index in [-0.39, 0.29) is 0 Å². The van der Waals surface area contributed by atoms with Crippen molar-refractivity contribution in [2.75, 3.05) is 6.61 Å². The van der Waals surface area contributed by atoms with Crippen molar-refractivity contribution in [2.24, 2.45) is 0 Å². The Morgan fingerprint density at radius 2 is 1.40 bits per heavy atom. The van der Waals surface area contributed by atoms with E-state index in [2.05, 4.69) is 11.4 Å². The van der Waals surface area contributed by atoms with Gasteiger partial charge in [-0.3, -0.25) is 4.79 Å². The van der Waals surface area contributed by atoms with Gasteiger partial charge in [0.25, 0.3) is 0 Å². The van der Waals surface area contributed by atoms with Crippen LogP contribution < -0.4 is 5.32 Å². The molecule has 7 heteroatoms. The molecule has 0 spiro atoms. The number of hydrogen-bond acceptors (Lipinski definition) is 6. The topological polar surface area (TPSA) is 119 Å². The Morgan fingerprint density at radius 1 is 0.829 bits per heavy atom. The highest BCUT2D eigenvalue weighted by molar-refractivity contribution is 5.88. The predicted octanol–water partition coefficient (Wildman–Crippen LogP) is 3.83. The molecule has 7 nitrogen and oxygen atoms in total. The first-order valence-corrected chi connectivity index (χ1v) is 13.1. The van der Waals surface area contributed by atoms with Gasteiger partial charge in [-0.05, 0) is 12.8 Å². The number of carbonyl (C=O) groups excluding carboxylic acids is 1. The highest BCUT2D eigenvalue weighted by Gasteiger charge is 2.44. The van der Waals surface area contributed by atoms with Gasteiger partial charge in [-0.25, -0.2) is 0 Å². The number of unbranched alkanes of at least 4 members (excludes halogenated alkanes) is 11. The lowest BCUT2D eigenvalue weighted by molar-refractivity contribution is -0.253. The van der Waals surface area contributed by atoms with E-state index in [0.717, 1.165) is 12.8 Å². The quantitative estimate of drug-likeness (QED) is 0.112. The smallest absolute Gasteiger partial charge is 0.244 e. The van der Waals surface area contributed by atoms with Gasteiger partial charge in [-0.1, -0.05) is 114 Å². The van der Waals surface area contributed by atoms with Gasteiger partial charge in [0.1, 0.15) is 24.4 Å². The molecule has 5 N–H and O–H groups in total. The van der Waals surface area contributed by atoms with Gasteiger partial charge >= 0.3 is 0 Å². The van der Waals surface area contributed by atoms with Crippen molar-refractivity contribution in [2.45, 2.75) is 115 Å². The minimum atomic E-state index is -1.53. The molecule has 5 atom stereocenters. The minimum absolute atomic E-state index is 0.554. The van der Waals surface area contributed by atoms with Gasteiger partial charge in [0.05, 0.1) is 6.61 Å². The SMILES string of the molecule is [2H]CCCCCCCCCCCCCC=CC=CC=CC=CC(=O)N[C@H]1C(O)O[C@H](CO)[C@@H](O)[C@@H]1O. The van der Waals surface area contributed by atoms with E-state index in [1.807, 2.05) is 18.2 Å². The predicted molar refractivity (Wildman–Crippen MR) is 140 cm³/mol. The molecule has 0 aromatic heterocycles. The molecule has 0 radical (unpaired) electrons. The summed E-state index contributed by atoms with van der Waals surface area (Å²) in [5, 5.41) is 41.2. The summed E-state index contributed by atoms with van der Waals surface area (Å²) in [6.45, 7) is 0.0157. The molecular formula is C28H47NO6. The summed E-state index contributed by atoms with van der Waals surface area (Å²) in [5.74, 6) is -0.554. The van der Waals surface area contributed by atoms with Crippen LogP contribution in [0.25, 0.3) is 0 Å². The van der Waals surface area contributed by atoms with Crippen molar-refractivity contribution in [3.05, 3.63) is 48.6 Å². The highest BCUT2D eigenvalue weighted by atomic mass is 16.6. The van der Waals surface area contributed by atoms with Crippen LogP contribution in [0, 0.1) is 0 Å². The normalized spacial score (nSPS) is 25.8. The van der Waals surface area contributed by atoms with Gasteiger partial charge in [0.15, 0.2) is 6.29 Å². The number of nitrogens with one attached hydrogen (secondary N) is 1. The second-order valence-electron chi connectivity index (χ2n) is 9.00. The zero-order valence-corrected chi connectivity index (χ0v) is 21.0. The Morgan fingerprint density at radius 3 is 2.03 bits per heavy atom. The molecule has 1 heterocycles. The lowest BCUT2D eigenvalue weighted by atomic mass is 9.97. The first kappa shape index (κ1) is 29.5. The number of hydrogen-bond donors (Lipinski definition) is 5. The lowest BCUT2D eigenvalue weighted by Gasteiger charge is -2.40. The van der Waals surface area contributed by atoms with Crippen molar-refractivity contribution >= 4 is 5.91 Å². The Bertz CT molecular complexity index is 681. The molecule has 1 saturated heterocycles. The van der Waals surface area contributed by atoms with E-state index in [0.29, 0.717) is 6.90 Å². The Hall–Kier alpha value is -1.77. The van der Waals surface area contributed by atoms with Gasteiger partial charge in [0, 0.05) is 7.45 Å². The fourth-order valence-corrected chi connectivity index (χ4v) is 3.89. The molecule has 1 aliphatic heterocycles. The number of aliphatic hydroxyl groups excluding tert-OH is 4. The second kappa shape index (κ2) is 20.4. The summed E-state index contributed by atoms with van der Waals surface area (Å²) in [6.07, 6.45) is 23.8. The zero-order chi connectivity index (χ0) is 26.4. The molecule has 1 amide bonds. The van der Waals surface area contributed by atoms with Gasteiger partial charge in [-0.15, -0.1) is 0 Å². The molecule has 35 heavy (non-hydrogen) atoms. The third kappa shape index (κ3) is 14.4. The fraction of sp³-hybridized carbons (Fsp3) is 0.679. The van der Waals surface area contributed by atoms with Crippen molar-refractivity contribution < 1.29 is 31.3 Å². The molecule has 0 aliphatic carbocycles. The average Bonchev–Trinajstić information content (AvgIpc) is 2.87. The minimum Gasteiger partial charge on any atom is -0.394 e. The third-order valence-electron chi connectivity index (χ3n) is 6.02. The monoisotopic (exact) mass is 494 g/mol. The summed E-state index contributed by atoms with van der Waals surface area (Å²) >= 11 is 0. The highest BCUT2D eigenvalue weighted by Crippen LogP contribution is 2.19. The maximum absolute atomic E-state index is 12.0. The van der Waals surface area contributed by atoms with E-state index in [1.54, 1.807) is 12.2 Å². The molecule has 1 unspecified atom stereocenters. The van der Waals surface area contributed by atoms with Gasteiger partial charge < -0.3 is 30.5 Å². The standard InChI is InChI=1S/C28H47NO6/c1-2-3-4-5-6-7-8-9-10-11-12-13-14-15-16-17-18-19-20-21-24(31)29-25-27(33)26(32)23(22-30)35-28(25)34/h14-21,23,25-28,30,32-34H,2-13,22H2,1H3,(H,29,31)/t23-,25-,26-,27-,28?/m1/s1/i1D. The van der Waals surface area contributed by atoms with Crippen LogP contribution >= 0.6 is 0 Å². The van der Waals surface area contributed by atoms with Crippen LogP contribution in [0.1, 0.15) is 85.3 Å². The van der Waals surface area contributed by atoms with Crippen LogP contribution in [0.4, 0.5) is 0 Å². The van der Waals surface area contributed by atoms with Crippen LogP contribution in [-0.2, 0) is 9.53 Å². The molecule has 0 saturated carbocycles. The first-order valence-electron chi connectivity index (χ1n) is 13.8. The van der Waals surface area contributed by atoms with Crippen LogP contribution in [-0.4, -0.2) is 63.6 Å². The largest absolute Gasteiger partial charge is 0.394 e. The summed E-state index contributed by atoms with van der Waals surface area (Å²) in [5.41, 5.74) is 0. The van der Waals surface area contributed by atoms with E-state index >= 15 is 0 Å². The van der Waals surface area contributed by atoms with Crippen molar-refractivity contribution in [3.63, 3.8) is 0 Å². The molecule has 200 valence electrons. The number of rotatable bonds is 18. The Labute approximate surface area is 212 Å². The van der Waals surface area contributed by atoms with Crippen molar-refractivity contribution in [3.8, 4) is 0 Å². The van der Waals surface area contributed by atoms with Crippen LogP contribution in [0.2, 0.25) is 0 Å². The molecule has 0 aromatic rings. The summed E-state index contributed by atoms with van der Waals surface area (Å²) < 4.78 is 12.1. The van der Waals surface area contributed by atoms with Crippen LogP contribution in [0.15, 0.2) is 48.6 Å². The van der Waals surface area contributed by atoms with Crippen molar-refractivity contribution in [1.29, 1.82) is 0 Å². The van der Waals surface area contributed by atoms with E-state index in [4.69, 9.17) is 11.2 Å². The number of allylic oxidation sites excluding steroid dienone is 7. The molecule has 1 fully saturated rings. The van der Waals surface area contributed by atoms with Crippen LogP contribution in [0.3, 0.4) is 0 Å². The molecule has 0 bridgehead atoms. The Kier molecular flexibility index (Phi) is 17.2. The number of carbonyl (C=O) groups is 1. The summed E-state index contributed by atoms with van der Waals surface area (Å²) in [4.78, 5) is 12.0. The van der Waals surface area contributed by atoms with E-state index in [1.165, 1.54) is 76.4 Å². The summed E-state index contributed by atoms with van der Waals surface area (Å²) in [6, 6.07) is -1.20. The Balaban J connectivity index is 2.06. The van der Waals surface area contributed by atoms with E-state index < -0.39 is 43.2 Å². The average molecular weight is 495 g/mol.